The Bertz CT molecular complexity index is 676. The smallest absolute Gasteiger partial charge is 0.409 e. The quantitative estimate of drug-likeness (QED) is 0.750. The normalized spacial score (nSPS) is 23.6. The van der Waals surface area contributed by atoms with Crippen molar-refractivity contribution in [2.24, 2.45) is 0 Å². The molecule has 0 bridgehead atoms. The van der Waals surface area contributed by atoms with E-state index in [0.29, 0.717) is 6.54 Å². The molecule has 0 aliphatic carbocycles. The summed E-state index contributed by atoms with van der Waals surface area (Å²) >= 11 is 0. The van der Waals surface area contributed by atoms with Crippen molar-refractivity contribution in [1.29, 1.82) is 0 Å². The predicted octanol–water partition coefficient (Wildman–Crippen LogP) is -0.0709. The van der Waals surface area contributed by atoms with Gasteiger partial charge >= 0.3 is 16.3 Å². The number of ether oxygens (including phenoxy) is 1. The molecule has 2 aliphatic heterocycles. The van der Waals surface area contributed by atoms with Gasteiger partial charge in [-0.15, -0.1) is 0 Å². The van der Waals surface area contributed by atoms with Crippen LogP contribution in [-0.2, 0) is 10.2 Å². The van der Waals surface area contributed by atoms with Gasteiger partial charge in [0, 0.05) is 13.6 Å². The van der Waals surface area contributed by atoms with Crippen molar-refractivity contribution in [3.63, 3.8) is 0 Å². The lowest BCUT2D eigenvalue weighted by molar-refractivity contribution is 0.209. The van der Waals surface area contributed by atoms with E-state index < -0.39 is 16.3 Å². The van der Waals surface area contributed by atoms with Crippen LogP contribution in [0.5, 0.6) is 5.88 Å². The lowest BCUT2D eigenvalue weighted by Gasteiger charge is -2.30. The molecule has 1 atom stereocenters. The molecule has 2 N–H and O–H groups in total. The van der Waals surface area contributed by atoms with Gasteiger partial charge < -0.3 is 9.84 Å². The van der Waals surface area contributed by atoms with Crippen molar-refractivity contribution >= 4 is 27.7 Å². The van der Waals surface area contributed by atoms with Crippen molar-refractivity contribution in [3.8, 4) is 5.88 Å². The number of carbonyl (C=O) groups is 1. The van der Waals surface area contributed by atoms with Gasteiger partial charge in [-0.3, -0.25) is 5.32 Å². The van der Waals surface area contributed by atoms with Crippen LogP contribution in [0.2, 0.25) is 0 Å². The van der Waals surface area contributed by atoms with Crippen LogP contribution in [0.25, 0.3) is 0 Å². The molecule has 0 unspecified atom stereocenters. The third-order valence-electron chi connectivity index (χ3n) is 3.18. The average Bonchev–Trinajstić information content (AvgIpc) is 2.59. The van der Waals surface area contributed by atoms with E-state index in [2.05, 4.69) is 10.3 Å². The monoisotopic (exact) mass is 300 g/mol. The molecule has 0 aromatic carbocycles. The first-order valence-corrected chi connectivity index (χ1v) is 7.18. The molecule has 9 nitrogen and oxygen atoms in total. The molecule has 3 heterocycles. The number of hydrogen-bond donors (Lipinski definition) is 2. The number of amides is 1. The Kier molecular flexibility index (Phi) is 2.73. The number of anilines is 2. The number of aromatic nitrogens is 1. The van der Waals surface area contributed by atoms with Crippen molar-refractivity contribution in [2.45, 2.75) is 6.04 Å². The van der Waals surface area contributed by atoms with Gasteiger partial charge in [0.15, 0.2) is 0 Å². The molecular formula is C10H12N4O5S. The fourth-order valence-electron chi connectivity index (χ4n) is 2.32. The number of pyridine rings is 1. The summed E-state index contributed by atoms with van der Waals surface area (Å²) in [4.78, 5) is 14.6. The first-order chi connectivity index (χ1) is 9.39. The highest BCUT2D eigenvalue weighted by molar-refractivity contribution is 7.90. The Morgan fingerprint density at radius 3 is 3.05 bits per heavy atom. The summed E-state index contributed by atoms with van der Waals surface area (Å²) in [5, 5.41) is 10.8. The van der Waals surface area contributed by atoms with Crippen LogP contribution in [0.3, 0.4) is 0 Å². The van der Waals surface area contributed by atoms with E-state index in [1.807, 2.05) is 0 Å². The van der Waals surface area contributed by atoms with E-state index in [4.69, 9.17) is 9.84 Å². The summed E-state index contributed by atoms with van der Waals surface area (Å²) in [6.45, 7) is 0.535. The van der Waals surface area contributed by atoms with E-state index in [-0.39, 0.29) is 29.9 Å². The lowest BCUT2D eigenvalue weighted by Crippen LogP contribution is -2.42. The Hall–Kier alpha value is -2.07. The molecule has 0 saturated carbocycles. The van der Waals surface area contributed by atoms with Crippen molar-refractivity contribution in [2.75, 3.05) is 29.8 Å². The third-order valence-corrected chi connectivity index (χ3v) is 5.10. The second kappa shape index (κ2) is 4.21. The number of nitrogens with one attached hydrogen (secondary N) is 1. The summed E-state index contributed by atoms with van der Waals surface area (Å²) in [5.74, 6) is 0.177. The molecule has 108 valence electrons. The maximum atomic E-state index is 12.3. The largest absolute Gasteiger partial charge is 0.474 e. The van der Waals surface area contributed by atoms with Crippen LogP contribution in [0, 0.1) is 0 Å². The molecule has 1 aromatic rings. The third kappa shape index (κ3) is 1.84. The van der Waals surface area contributed by atoms with E-state index >= 15 is 0 Å². The van der Waals surface area contributed by atoms with Crippen molar-refractivity contribution < 1.29 is 23.1 Å². The fourth-order valence-corrected chi connectivity index (χ4v) is 3.87. The maximum absolute atomic E-state index is 12.3. The van der Waals surface area contributed by atoms with Gasteiger partial charge in [-0.05, 0) is 6.07 Å². The number of rotatable bonds is 1. The van der Waals surface area contributed by atoms with Crippen molar-refractivity contribution in [1.82, 2.24) is 9.29 Å². The van der Waals surface area contributed by atoms with Gasteiger partial charge in [0.2, 0.25) is 5.88 Å². The summed E-state index contributed by atoms with van der Waals surface area (Å²) < 4.78 is 32.4. The minimum absolute atomic E-state index is 0.177. The Labute approximate surface area is 114 Å². The highest BCUT2D eigenvalue weighted by atomic mass is 32.2. The molecule has 1 fully saturated rings. The van der Waals surface area contributed by atoms with Crippen LogP contribution in [0.15, 0.2) is 12.3 Å². The van der Waals surface area contributed by atoms with E-state index in [0.717, 1.165) is 0 Å². The number of likely N-dealkylation sites (N-methyl/N-ethyl adjacent to an activating group) is 1. The Balaban J connectivity index is 2.08. The minimum Gasteiger partial charge on any atom is -0.474 e. The van der Waals surface area contributed by atoms with Gasteiger partial charge in [0.05, 0.1) is 17.9 Å². The molecule has 3 rings (SSSR count). The molecule has 0 spiro atoms. The number of hydrogen-bond acceptors (Lipinski definition) is 5. The second-order valence-electron chi connectivity index (χ2n) is 4.53. The average molecular weight is 300 g/mol. The molecule has 20 heavy (non-hydrogen) atoms. The van der Waals surface area contributed by atoms with E-state index in [9.17, 15) is 13.2 Å². The van der Waals surface area contributed by atoms with Crippen LogP contribution in [0.4, 0.5) is 16.2 Å². The lowest BCUT2D eigenvalue weighted by atomic mass is 10.2. The molecule has 1 saturated heterocycles. The number of nitrogens with zero attached hydrogens (tertiary/aromatic N) is 3. The molecule has 0 radical (unpaired) electrons. The molecule has 2 aliphatic rings. The van der Waals surface area contributed by atoms with E-state index in [1.54, 1.807) is 0 Å². The summed E-state index contributed by atoms with van der Waals surface area (Å²) in [5.41, 5.74) is 0.433. The standard InChI is InChI=1S/C10H12N4O5S/c1-13-4-7-5-19-9-8(14(7)20(13,17)18)2-6(3-11-9)12-10(15)16/h2-3,7,12H,4-5H2,1H3,(H,15,16)/t7-/m0/s1. The highest BCUT2D eigenvalue weighted by Crippen LogP contribution is 2.39. The predicted molar refractivity (Wildman–Crippen MR) is 69.2 cm³/mol. The topological polar surface area (TPSA) is 112 Å². The summed E-state index contributed by atoms with van der Waals surface area (Å²) in [6, 6.07) is 1.07. The molecular weight excluding hydrogens is 288 g/mol. The minimum atomic E-state index is -3.61. The zero-order valence-electron chi connectivity index (χ0n) is 10.5. The zero-order valence-corrected chi connectivity index (χ0v) is 11.3. The maximum Gasteiger partial charge on any atom is 0.409 e. The Morgan fingerprint density at radius 1 is 1.60 bits per heavy atom. The molecule has 1 aromatic heterocycles. The van der Waals surface area contributed by atoms with Gasteiger partial charge in [-0.1, -0.05) is 0 Å². The van der Waals surface area contributed by atoms with Crippen LogP contribution < -0.4 is 14.4 Å². The molecule has 1 amide bonds. The number of fused-ring (bicyclic) bond motifs is 3. The van der Waals surface area contributed by atoms with Crippen LogP contribution in [-0.4, -0.2) is 55.1 Å². The SMILES string of the molecule is CN1C[C@H]2COc3ncc(NC(=O)O)cc3N2S1(=O)=O. The second-order valence-corrected chi connectivity index (χ2v) is 6.44. The summed E-state index contributed by atoms with van der Waals surface area (Å²) in [6.07, 6.45) is 0.0288. The highest BCUT2D eigenvalue weighted by Gasteiger charge is 2.46. The summed E-state index contributed by atoms with van der Waals surface area (Å²) in [7, 11) is -2.13. The first-order valence-electron chi connectivity index (χ1n) is 5.78. The van der Waals surface area contributed by atoms with Gasteiger partial charge in [-0.25, -0.2) is 14.1 Å². The van der Waals surface area contributed by atoms with Crippen LogP contribution in [0.1, 0.15) is 0 Å². The zero-order chi connectivity index (χ0) is 14.5. The fraction of sp³-hybridized carbons (Fsp3) is 0.400. The molecule has 10 heteroatoms. The van der Waals surface area contributed by atoms with Gasteiger partial charge in [0.25, 0.3) is 0 Å². The van der Waals surface area contributed by atoms with Gasteiger partial charge in [0.1, 0.15) is 12.3 Å². The van der Waals surface area contributed by atoms with Crippen molar-refractivity contribution in [3.05, 3.63) is 12.3 Å². The number of carboxylic acid groups (broad SMARTS) is 1. The van der Waals surface area contributed by atoms with E-state index in [1.165, 1.54) is 27.9 Å². The van der Waals surface area contributed by atoms with Crippen LogP contribution >= 0.6 is 0 Å². The Morgan fingerprint density at radius 2 is 2.35 bits per heavy atom. The first kappa shape index (κ1) is 12.9. The van der Waals surface area contributed by atoms with Gasteiger partial charge in [-0.2, -0.15) is 12.7 Å².